The quantitative estimate of drug-likeness (QED) is 0.550. The van der Waals surface area contributed by atoms with E-state index in [2.05, 4.69) is 20.0 Å². The van der Waals surface area contributed by atoms with Crippen LogP contribution < -0.4 is 19.5 Å². The fourth-order valence-corrected chi connectivity index (χ4v) is 3.60. The SMILES string of the molecule is COc1nccnc1NS(=O)(=O)c1ccc(NC(=O)COc2ccc(C)c(C)c2)cc1. The van der Waals surface area contributed by atoms with Crippen LogP contribution in [0.1, 0.15) is 11.1 Å². The van der Waals surface area contributed by atoms with Crippen LogP contribution in [0.25, 0.3) is 0 Å². The van der Waals surface area contributed by atoms with Gasteiger partial charge in [0.05, 0.1) is 12.0 Å². The van der Waals surface area contributed by atoms with Gasteiger partial charge in [-0.15, -0.1) is 0 Å². The van der Waals surface area contributed by atoms with E-state index in [1.165, 1.54) is 43.8 Å². The van der Waals surface area contributed by atoms with Crippen LogP contribution >= 0.6 is 0 Å². The molecule has 0 unspecified atom stereocenters. The maximum atomic E-state index is 12.6. The van der Waals surface area contributed by atoms with E-state index in [0.717, 1.165) is 11.1 Å². The van der Waals surface area contributed by atoms with Gasteiger partial charge in [0, 0.05) is 18.1 Å². The predicted molar refractivity (Wildman–Crippen MR) is 116 cm³/mol. The molecule has 1 amide bonds. The standard InChI is InChI=1S/C21H22N4O5S/c1-14-4-7-17(12-15(14)2)30-13-19(26)24-16-5-8-18(9-6-16)31(27,28)25-20-21(29-3)23-11-10-22-20/h4-12H,13H2,1-3H3,(H,22,25)(H,24,26). The Morgan fingerprint density at radius 3 is 2.39 bits per heavy atom. The maximum Gasteiger partial charge on any atom is 0.263 e. The summed E-state index contributed by atoms with van der Waals surface area (Å²) in [6.45, 7) is 3.79. The summed E-state index contributed by atoms with van der Waals surface area (Å²) in [7, 11) is -2.55. The Morgan fingerprint density at radius 2 is 1.71 bits per heavy atom. The fraction of sp³-hybridized carbons (Fsp3) is 0.190. The Kier molecular flexibility index (Phi) is 6.71. The minimum absolute atomic E-state index is 0.00964. The average Bonchev–Trinajstić information content (AvgIpc) is 2.75. The lowest BCUT2D eigenvalue weighted by atomic mass is 10.1. The van der Waals surface area contributed by atoms with E-state index in [1.54, 1.807) is 6.07 Å². The van der Waals surface area contributed by atoms with Crippen molar-refractivity contribution >= 4 is 27.4 Å². The van der Waals surface area contributed by atoms with Crippen LogP contribution in [0.4, 0.5) is 11.5 Å². The molecule has 2 aromatic carbocycles. The van der Waals surface area contributed by atoms with Gasteiger partial charge in [0.15, 0.2) is 6.61 Å². The second-order valence-electron chi connectivity index (χ2n) is 6.63. The highest BCUT2D eigenvalue weighted by atomic mass is 32.2. The first kappa shape index (κ1) is 22.0. The number of anilines is 2. The molecule has 0 atom stereocenters. The third kappa shape index (κ3) is 5.70. The van der Waals surface area contributed by atoms with E-state index in [9.17, 15) is 13.2 Å². The third-order valence-corrected chi connectivity index (χ3v) is 5.74. The molecule has 9 nitrogen and oxygen atoms in total. The van der Waals surface area contributed by atoms with Crippen molar-refractivity contribution in [2.24, 2.45) is 0 Å². The predicted octanol–water partition coefficient (Wildman–Crippen LogP) is 2.92. The number of hydrogen-bond donors (Lipinski definition) is 2. The van der Waals surface area contributed by atoms with Crippen LogP contribution in [0.3, 0.4) is 0 Å². The van der Waals surface area contributed by atoms with Gasteiger partial charge in [0.1, 0.15) is 5.75 Å². The molecule has 0 bridgehead atoms. The number of nitrogens with one attached hydrogen (secondary N) is 2. The second-order valence-corrected chi connectivity index (χ2v) is 8.31. The monoisotopic (exact) mass is 442 g/mol. The first-order valence-corrected chi connectivity index (χ1v) is 10.7. The van der Waals surface area contributed by atoms with Crippen LogP contribution in [-0.2, 0) is 14.8 Å². The summed E-state index contributed by atoms with van der Waals surface area (Å²) in [5.41, 5.74) is 2.64. The van der Waals surface area contributed by atoms with Crippen molar-refractivity contribution in [3.05, 3.63) is 66.0 Å². The number of nitrogens with zero attached hydrogens (tertiary/aromatic N) is 2. The van der Waals surface area contributed by atoms with Crippen molar-refractivity contribution in [3.63, 3.8) is 0 Å². The normalized spacial score (nSPS) is 10.9. The molecule has 0 fully saturated rings. The number of benzene rings is 2. The molecule has 10 heteroatoms. The van der Waals surface area contributed by atoms with Crippen LogP contribution in [0.5, 0.6) is 11.6 Å². The Balaban J connectivity index is 1.61. The first-order chi connectivity index (χ1) is 14.8. The van der Waals surface area contributed by atoms with E-state index < -0.39 is 10.0 Å². The van der Waals surface area contributed by atoms with Gasteiger partial charge in [0.2, 0.25) is 5.82 Å². The molecule has 0 radical (unpaired) electrons. The minimum atomic E-state index is -3.91. The molecule has 31 heavy (non-hydrogen) atoms. The van der Waals surface area contributed by atoms with Gasteiger partial charge in [-0.2, -0.15) is 0 Å². The summed E-state index contributed by atoms with van der Waals surface area (Å²) in [5, 5.41) is 2.66. The molecule has 0 aliphatic rings. The molecule has 0 saturated carbocycles. The topological polar surface area (TPSA) is 120 Å². The molecular weight excluding hydrogens is 420 g/mol. The zero-order valence-electron chi connectivity index (χ0n) is 17.2. The number of hydrogen-bond acceptors (Lipinski definition) is 7. The first-order valence-electron chi connectivity index (χ1n) is 9.26. The van der Waals surface area contributed by atoms with Gasteiger partial charge >= 0.3 is 0 Å². The summed E-state index contributed by atoms with van der Waals surface area (Å²) in [6, 6.07) is 11.3. The number of methoxy groups -OCH3 is 1. The van der Waals surface area contributed by atoms with Crippen molar-refractivity contribution in [1.29, 1.82) is 0 Å². The van der Waals surface area contributed by atoms with Crippen LogP contribution in [0, 0.1) is 13.8 Å². The summed E-state index contributed by atoms with van der Waals surface area (Å²) in [6.07, 6.45) is 2.73. The third-order valence-electron chi connectivity index (χ3n) is 4.39. The zero-order chi connectivity index (χ0) is 22.4. The van der Waals surface area contributed by atoms with Crippen LogP contribution in [0.2, 0.25) is 0 Å². The summed E-state index contributed by atoms with van der Waals surface area (Å²) in [5.74, 6) is 0.270. The van der Waals surface area contributed by atoms with Gasteiger partial charge in [-0.05, 0) is 61.4 Å². The number of sulfonamides is 1. The number of rotatable bonds is 8. The molecule has 1 aromatic heterocycles. The summed E-state index contributed by atoms with van der Waals surface area (Å²) >= 11 is 0. The van der Waals surface area contributed by atoms with Gasteiger partial charge in [-0.1, -0.05) is 6.07 Å². The van der Waals surface area contributed by atoms with Crippen molar-refractivity contribution in [2.45, 2.75) is 18.7 Å². The Hall–Kier alpha value is -3.66. The van der Waals surface area contributed by atoms with Crippen molar-refractivity contribution in [2.75, 3.05) is 23.8 Å². The average molecular weight is 442 g/mol. The van der Waals surface area contributed by atoms with E-state index in [1.807, 2.05) is 26.0 Å². The molecule has 2 N–H and O–H groups in total. The molecule has 0 aliphatic carbocycles. The van der Waals surface area contributed by atoms with Gasteiger partial charge in [-0.3, -0.25) is 9.52 Å². The van der Waals surface area contributed by atoms with E-state index >= 15 is 0 Å². The van der Waals surface area contributed by atoms with Gasteiger partial charge in [-0.25, -0.2) is 18.4 Å². The largest absolute Gasteiger partial charge is 0.484 e. The van der Waals surface area contributed by atoms with Crippen LogP contribution in [0.15, 0.2) is 59.8 Å². The number of carbonyl (C=O) groups excluding carboxylic acids is 1. The van der Waals surface area contributed by atoms with Crippen molar-refractivity contribution < 1.29 is 22.7 Å². The second kappa shape index (κ2) is 9.43. The van der Waals surface area contributed by atoms with Crippen LogP contribution in [-0.4, -0.2) is 38.0 Å². The molecule has 3 rings (SSSR count). The lowest BCUT2D eigenvalue weighted by molar-refractivity contribution is -0.118. The highest BCUT2D eigenvalue weighted by Crippen LogP contribution is 2.22. The maximum absolute atomic E-state index is 12.6. The Morgan fingerprint density at radius 1 is 1.00 bits per heavy atom. The van der Waals surface area contributed by atoms with Gasteiger partial charge in [0.25, 0.3) is 21.8 Å². The Bertz CT molecular complexity index is 1180. The summed E-state index contributed by atoms with van der Waals surface area (Å²) < 4.78 is 38.0. The number of carbonyl (C=O) groups is 1. The molecule has 0 aliphatic heterocycles. The molecule has 0 saturated heterocycles. The number of aromatic nitrogens is 2. The smallest absolute Gasteiger partial charge is 0.263 e. The van der Waals surface area contributed by atoms with E-state index in [4.69, 9.17) is 9.47 Å². The van der Waals surface area contributed by atoms with E-state index in [0.29, 0.717) is 11.4 Å². The lowest BCUT2D eigenvalue weighted by Crippen LogP contribution is -2.20. The molecule has 0 spiro atoms. The molecule has 162 valence electrons. The number of amides is 1. The lowest BCUT2D eigenvalue weighted by Gasteiger charge is -2.11. The number of ether oxygens (including phenoxy) is 2. The highest BCUT2D eigenvalue weighted by Gasteiger charge is 2.18. The van der Waals surface area contributed by atoms with E-state index in [-0.39, 0.29) is 29.1 Å². The van der Waals surface area contributed by atoms with Gasteiger partial charge < -0.3 is 14.8 Å². The van der Waals surface area contributed by atoms with Crippen molar-refractivity contribution in [1.82, 2.24) is 9.97 Å². The fourth-order valence-electron chi connectivity index (χ4n) is 2.60. The molecule has 3 aromatic rings. The minimum Gasteiger partial charge on any atom is -0.484 e. The highest BCUT2D eigenvalue weighted by molar-refractivity contribution is 7.92. The summed E-state index contributed by atoms with van der Waals surface area (Å²) in [4.78, 5) is 19.9. The van der Waals surface area contributed by atoms with Crippen molar-refractivity contribution in [3.8, 4) is 11.6 Å². The number of aryl methyl sites for hydroxylation is 2. The molecular formula is C21H22N4O5S. The Labute approximate surface area is 180 Å². The zero-order valence-corrected chi connectivity index (χ0v) is 18.1. The molecule has 1 heterocycles.